The molecular formula is C23H22N2O4. The molecule has 0 fully saturated rings. The maximum absolute atomic E-state index is 12.5. The highest BCUT2D eigenvalue weighted by atomic mass is 16.5. The van der Waals surface area contributed by atoms with E-state index >= 15 is 0 Å². The Kier molecular flexibility index (Phi) is 5.93. The molecule has 0 unspecified atom stereocenters. The van der Waals surface area contributed by atoms with Crippen LogP contribution in [0.3, 0.4) is 0 Å². The van der Waals surface area contributed by atoms with E-state index in [4.69, 9.17) is 4.74 Å². The molecule has 29 heavy (non-hydrogen) atoms. The summed E-state index contributed by atoms with van der Waals surface area (Å²) in [6, 6.07) is 18.1. The number of nitrogens with one attached hydrogen (secondary N) is 1. The van der Waals surface area contributed by atoms with Crippen LogP contribution in [0.4, 0.5) is 5.69 Å². The molecule has 0 radical (unpaired) electrons. The Morgan fingerprint density at radius 2 is 1.59 bits per heavy atom. The number of hydrogen-bond donors (Lipinski definition) is 1. The number of aryl methyl sites for hydroxylation is 1. The van der Waals surface area contributed by atoms with E-state index in [1.165, 1.54) is 6.92 Å². The van der Waals surface area contributed by atoms with Crippen LogP contribution in [-0.2, 0) is 9.53 Å². The number of amides is 1. The van der Waals surface area contributed by atoms with E-state index < -0.39 is 18.5 Å². The van der Waals surface area contributed by atoms with Gasteiger partial charge in [-0.3, -0.25) is 9.59 Å². The van der Waals surface area contributed by atoms with E-state index in [0.717, 1.165) is 17.1 Å². The van der Waals surface area contributed by atoms with Crippen molar-refractivity contribution in [2.45, 2.75) is 20.8 Å². The molecule has 0 aliphatic carbocycles. The number of carbonyl (C=O) groups is 3. The van der Waals surface area contributed by atoms with Crippen LogP contribution in [0.1, 0.15) is 39.0 Å². The first-order chi connectivity index (χ1) is 13.9. The summed E-state index contributed by atoms with van der Waals surface area (Å²) in [7, 11) is 0. The van der Waals surface area contributed by atoms with Crippen molar-refractivity contribution in [3.05, 3.63) is 83.2 Å². The Balaban J connectivity index is 1.69. The van der Waals surface area contributed by atoms with E-state index in [9.17, 15) is 14.4 Å². The highest BCUT2D eigenvalue weighted by Gasteiger charge is 2.19. The average molecular weight is 390 g/mol. The number of ketones is 1. The van der Waals surface area contributed by atoms with Crippen LogP contribution < -0.4 is 5.32 Å². The van der Waals surface area contributed by atoms with Crippen molar-refractivity contribution in [1.82, 2.24) is 4.57 Å². The topological polar surface area (TPSA) is 77.4 Å². The van der Waals surface area contributed by atoms with Gasteiger partial charge in [-0.15, -0.1) is 0 Å². The van der Waals surface area contributed by atoms with E-state index in [-0.39, 0.29) is 5.78 Å². The van der Waals surface area contributed by atoms with Crippen molar-refractivity contribution in [2.75, 3.05) is 11.9 Å². The molecule has 1 aromatic heterocycles. The molecule has 1 amide bonds. The largest absolute Gasteiger partial charge is 0.452 e. The van der Waals surface area contributed by atoms with Gasteiger partial charge in [0.25, 0.3) is 5.91 Å². The number of anilines is 1. The van der Waals surface area contributed by atoms with E-state index in [0.29, 0.717) is 16.8 Å². The summed E-state index contributed by atoms with van der Waals surface area (Å²) in [5.74, 6) is -1.24. The molecule has 0 saturated carbocycles. The molecule has 0 bridgehead atoms. The highest BCUT2D eigenvalue weighted by Crippen LogP contribution is 2.21. The number of Topliss-reactive ketones (excluding diaryl/α,β-unsaturated/α-hetero) is 1. The maximum Gasteiger partial charge on any atom is 0.340 e. The first-order valence-corrected chi connectivity index (χ1v) is 9.19. The minimum atomic E-state index is -0.574. The first-order valence-electron chi connectivity index (χ1n) is 9.19. The molecule has 1 N–H and O–H groups in total. The maximum atomic E-state index is 12.5. The summed E-state index contributed by atoms with van der Waals surface area (Å²) in [6.07, 6.45) is 0. The predicted molar refractivity (Wildman–Crippen MR) is 111 cm³/mol. The molecule has 3 rings (SSSR count). The van der Waals surface area contributed by atoms with E-state index in [2.05, 4.69) is 5.32 Å². The summed E-state index contributed by atoms with van der Waals surface area (Å²) in [5, 5.41) is 2.61. The Morgan fingerprint density at radius 3 is 2.28 bits per heavy atom. The minimum Gasteiger partial charge on any atom is -0.452 e. The number of carbonyl (C=O) groups excluding carboxylic acids is 3. The molecular weight excluding hydrogens is 368 g/mol. The van der Waals surface area contributed by atoms with Gasteiger partial charge in [0.2, 0.25) is 0 Å². The normalized spacial score (nSPS) is 10.4. The van der Waals surface area contributed by atoms with Crippen molar-refractivity contribution < 1.29 is 19.1 Å². The molecule has 6 heteroatoms. The Labute approximate surface area is 169 Å². The predicted octanol–water partition coefficient (Wildman–Crippen LogP) is 4.09. The van der Waals surface area contributed by atoms with Gasteiger partial charge in [-0.2, -0.15) is 0 Å². The third-order valence-electron chi connectivity index (χ3n) is 4.58. The summed E-state index contributed by atoms with van der Waals surface area (Å²) in [5.41, 5.74) is 3.77. The van der Waals surface area contributed by atoms with Gasteiger partial charge in [-0.1, -0.05) is 30.3 Å². The monoisotopic (exact) mass is 390 g/mol. The minimum absolute atomic E-state index is 0.161. The van der Waals surface area contributed by atoms with Crippen LogP contribution in [0, 0.1) is 13.8 Å². The molecule has 148 valence electrons. The number of ether oxygens (including phenoxy) is 1. The number of nitrogens with zero attached hydrogens (tertiary/aromatic N) is 1. The van der Waals surface area contributed by atoms with Gasteiger partial charge in [-0.25, -0.2) is 4.79 Å². The Morgan fingerprint density at radius 1 is 0.931 bits per heavy atom. The van der Waals surface area contributed by atoms with Crippen LogP contribution in [0.15, 0.2) is 60.7 Å². The SMILES string of the molecule is CC(=O)c1ccccc1NC(=O)COC(=O)c1cc(C)n(-c2ccccc2)c1C. The molecule has 2 aromatic carbocycles. The fraction of sp³-hybridized carbons (Fsp3) is 0.174. The standard InChI is InChI=1S/C23H22N2O4/c1-15-13-20(16(2)25(15)18-9-5-4-6-10-18)23(28)29-14-22(27)24-21-12-8-7-11-19(21)17(3)26/h4-13H,14H2,1-3H3,(H,24,27). The van der Waals surface area contributed by atoms with Crippen LogP contribution in [0.2, 0.25) is 0 Å². The highest BCUT2D eigenvalue weighted by molar-refractivity contribution is 6.04. The molecule has 0 atom stereocenters. The van der Waals surface area contributed by atoms with E-state index in [1.807, 2.05) is 48.7 Å². The fourth-order valence-electron chi connectivity index (χ4n) is 3.24. The van der Waals surface area contributed by atoms with Crippen molar-refractivity contribution >= 4 is 23.3 Å². The number of benzene rings is 2. The first kappa shape index (κ1) is 20.1. The van der Waals surface area contributed by atoms with Gasteiger partial charge >= 0.3 is 5.97 Å². The second kappa shape index (κ2) is 8.56. The summed E-state index contributed by atoms with van der Waals surface area (Å²) >= 11 is 0. The average Bonchev–Trinajstić information content (AvgIpc) is 3.01. The van der Waals surface area contributed by atoms with Gasteiger partial charge in [0.1, 0.15) is 0 Å². The molecule has 6 nitrogen and oxygen atoms in total. The fourth-order valence-corrected chi connectivity index (χ4v) is 3.24. The van der Waals surface area contributed by atoms with E-state index in [1.54, 1.807) is 30.3 Å². The number of hydrogen-bond acceptors (Lipinski definition) is 4. The lowest BCUT2D eigenvalue weighted by Gasteiger charge is -2.10. The second-order valence-electron chi connectivity index (χ2n) is 6.68. The summed E-state index contributed by atoms with van der Waals surface area (Å²) in [6.45, 7) is 4.72. The summed E-state index contributed by atoms with van der Waals surface area (Å²) < 4.78 is 7.16. The van der Waals surface area contributed by atoms with Gasteiger partial charge in [0.15, 0.2) is 12.4 Å². The number of para-hydroxylation sites is 2. The van der Waals surface area contributed by atoms with Crippen molar-refractivity contribution in [3.8, 4) is 5.69 Å². The number of aromatic nitrogens is 1. The van der Waals surface area contributed by atoms with Crippen LogP contribution in [-0.4, -0.2) is 28.8 Å². The second-order valence-corrected chi connectivity index (χ2v) is 6.68. The molecule has 0 aliphatic rings. The van der Waals surface area contributed by atoms with Gasteiger partial charge in [0, 0.05) is 22.6 Å². The van der Waals surface area contributed by atoms with Crippen molar-refractivity contribution in [2.24, 2.45) is 0 Å². The van der Waals surface area contributed by atoms with Crippen LogP contribution in [0.25, 0.3) is 5.69 Å². The molecule has 0 aliphatic heterocycles. The van der Waals surface area contributed by atoms with Crippen LogP contribution >= 0.6 is 0 Å². The molecule has 0 saturated heterocycles. The smallest absolute Gasteiger partial charge is 0.340 e. The van der Waals surface area contributed by atoms with Crippen molar-refractivity contribution in [3.63, 3.8) is 0 Å². The quantitative estimate of drug-likeness (QED) is 0.508. The summed E-state index contributed by atoms with van der Waals surface area (Å²) in [4.78, 5) is 36.4. The number of rotatable bonds is 6. The number of esters is 1. The van der Waals surface area contributed by atoms with Gasteiger partial charge in [0.05, 0.1) is 11.3 Å². The third kappa shape index (κ3) is 4.43. The lowest BCUT2D eigenvalue weighted by molar-refractivity contribution is -0.119. The van der Waals surface area contributed by atoms with Crippen molar-refractivity contribution in [1.29, 1.82) is 0 Å². The molecule has 1 heterocycles. The lowest BCUT2D eigenvalue weighted by Crippen LogP contribution is -2.22. The zero-order chi connectivity index (χ0) is 21.0. The zero-order valence-corrected chi connectivity index (χ0v) is 16.6. The molecule has 3 aromatic rings. The van der Waals surface area contributed by atoms with Crippen LogP contribution in [0.5, 0.6) is 0 Å². The third-order valence-corrected chi connectivity index (χ3v) is 4.58. The Hall–Kier alpha value is -3.67. The Bertz CT molecular complexity index is 1070. The van der Waals surface area contributed by atoms with Gasteiger partial charge < -0.3 is 14.6 Å². The van der Waals surface area contributed by atoms with Gasteiger partial charge in [-0.05, 0) is 51.1 Å². The molecule has 0 spiro atoms. The lowest BCUT2D eigenvalue weighted by atomic mass is 10.1. The zero-order valence-electron chi connectivity index (χ0n) is 16.6.